The van der Waals surface area contributed by atoms with E-state index in [1.807, 2.05) is 6.92 Å². The van der Waals surface area contributed by atoms with Crippen molar-refractivity contribution in [2.45, 2.75) is 26.7 Å². The Labute approximate surface area is 132 Å². The molecule has 0 saturated carbocycles. The first-order valence-corrected chi connectivity index (χ1v) is 7.38. The smallest absolute Gasteiger partial charge is 0.159 e. The Kier molecular flexibility index (Phi) is 3.78. The summed E-state index contributed by atoms with van der Waals surface area (Å²) < 4.78 is 1.53. The number of nitrogens with zero attached hydrogens (tertiary/aromatic N) is 5. The SMILES string of the molecule is CCCc1cnc(-c2cc3nc(Cl)cc(Cl)n3n2)c(C)n1. The molecular weight excluding hydrogens is 309 g/mol. The molecule has 0 bridgehead atoms. The van der Waals surface area contributed by atoms with Crippen LogP contribution in [0.1, 0.15) is 24.7 Å². The lowest BCUT2D eigenvalue weighted by Gasteiger charge is -2.03. The molecule has 0 spiro atoms. The zero-order valence-corrected chi connectivity index (χ0v) is 13.2. The third-order valence-corrected chi connectivity index (χ3v) is 3.56. The summed E-state index contributed by atoms with van der Waals surface area (Å²) in [6, 6.07) is 3.35. The summed E-state index contributed by atoms with van der Waals surface area (Å²) in [5.41, 5.74) is 3.82. The summed E-state index contributed by atoms with van der Waals surface area (Å²) in [5.74, 6) is 0. The summed E-state index contributed by atoms with van der Waals surface area (Å²) in [4.78, 5) is 13.2. The number of rotatable bonds is 3. The normalized spacial score (nSPS) is 11.2. The molecule has 0 fully saturated rings. The van der Waals surface area contributed by atoms with Crippen molar-refractivity contribution < 1.29 is 0 Å². The van der Waals surface area contributed by atoms with Crippen LogP contribution in [0.15, 0.2) is 18.3 Å². The lowest BCUT2D eigenvalue weighted by molar-refractivity contribution is 0.859. The van der Waals surface area contributed by atoms with Crippen LogP contribution in [0.4, 0.5) is 0 Å². The third kappa shape index (κ3) is 2.71. The van der Waals surface area contributed by atoms with Gasteiger partial charge in [0.25, 0.3) is 0 Å². The van der Waals surface area contributed by atoms with Crippen LogP contribution in [0.5, 0.6) is 0 Å². The molecule has 0 unspecified atom stereocenters. The molecule has 0 N–H and O–H groups in total. The van der Waals surface area contributed by atoms with Gasteiger partial charge in [-0.3, -0.25) is 9.97 Å². The molecule has 0 saturated heterocycles. The molecule has 108 valence electrons. The van der Waals surface area contributed by atoms with Gasteiger partial charge in [0.15, 0.2) is 5.65 Å². The van der Waals surface area contributed by atoms with Crippen LogP contribution in [0.3, 0.4) is 0 Å². The lowest BCUT2D eigenvalue weighted by atomic mass is 10.2. The monoisotopic (exact) mass is 321 g/mol. The molecule has 0 aliphatic carbocycles. The predicted octanol–water partition coefficient (Wildman–Crippen LogP) is 3.75. The first-order valence-electron chi connectivity index (χ1n) is 6.63. The highest BCUT2D eigenvalue weighted by atomic mass is 35.5. The molecule has 3 heterocycles. The Morgan fingerprint density at radius 1 is 1.19 bits per heavy atom. The van der Waals surface area contributed by atoms with Gasteiger partial charge in [-0.15, -0.1) is 0 Å². The van der Waals surface area contributed by atoms with E-state index in [9.17, 15) is 0 Å². The number of halogens is 2. The number of fused-ring (bicyclic) bond motifs is 1. The average molecular weight is 322 g/mol. The molecular formula is C14H13Cl2N5. The van der Waals surface area contributed by atoms with Crippen molar-refractivity contribution in [2.75, 3.05) is 0 Å². The van der Waals surface area contributed by atoms with E-state index in [1.165, 1.54) is 4.52 Å². The Bertz CT molecular complexity index is 812. The molecule has 3 aromatic rings. The fourth-order valence-corrected chi connectivity index (χ4v) is 2.66. The minimum Gasteiger partial charge on any atom is -0.254 e. The van der Waals surface area contributed by atoms with E-state index in [4.69, 9.17) is 23.2 Å². The standard InChI is InChI=1S/C14H13Cl2N5/c1-3-4-9-7-17-14(8(2)18-9)10-5-13-19-11(15)6-12(16)21(13)20-10/h5-7H,3-4H2,1-2H3. The van der Waals surface area contributed by atoms with E-state index < -0.39 is 0 Å². The van der Waals surface area contributed by atoms with E-state index in [2.05, 4.69) is 27.0 Å². The Morgan fingerprint density at radius 2 is 2.00 bits per heavy atom. The van der Waals surface area contributed by atoms with Crippen LogP contribution >= 0.6 is 23.2 Å². The van der Waals surface area contributed by atoms with Crippen molar-refractivity contribution in [1.29, 1.82) is 0 Å². The van der Waals surface area contributed by atoms with Crippen LogP contribution < -0.4 is 0 Å². The van der Waals surface area contributed by atoms with Crippen LogP contribution in [0.2, 0.25) is 10.3 Å². The van der Waals surface area contributed by atoms with E-state index in [-0.39, 0.29) is 0 Å². The van der Waals surface area contributed by atoms with Crippen molar-refractivity contribution in [1.82, 2.24) is 24.6 Å². The lowest BCUT2D eigenvalue weighted by Crippen LogP contribution is -1.98. The fraction of sp³-hybridized carbons (Fsp3) is 0.286. The molecule has 0 atom stereocenters. The van der Waals surface area contributed by atoms with Crippen LogP contribution in [0.25, 0.3) is 17.0 Å². The minimum absolute atomic E-state index is 0.333. The molecule has 0 radical (unpaired) electrons. The quantitative estimate of drug-likeness (QED) is 0.689. The molecule has 3 aromatic heterocycles. The van der Waals surface area contributed by atoms with Gasteiger partial charge in [0.1, 0.15) is 21.7 Å². The van der Waals surface area contributed by atoms with Crippen LogP contribution in [-0.4, -0.2) is 24.6 Å². The summed E-state index contributed by atoms with van der Waals surface area (Å²) >= 11 is 12.0. The van der Waals surface area contributed by atoms with Crippen molar-refractivity contribution >= 4 is 28.8 Å². The zero-order valence-electron chi connectivity index (χ0n) is 11.6. The van der Waals surface area contributed by atoms with Crippen LogP contribution in [0, 0.1) is 6.92 Å². The molecule has 3 rings (SSSR count). The minimum atomic E-state index is 0.333. The average Bonchev–Trinajstić information content (AvgIpc) is 2.83. The first kappa shape index (κ1) is 14.2. The maximum Gasteiger partial charge on any atom is 0.159 e. The van der Waals surface area contributed by atoms with Gasteiger partial charge in [-0.1, -0.05) is 36.5 Å². The highest BCUT2D eigenvalue weighted by molar-refractivity contribution is 6.33. The third-order valence-electron chi connectivity index (χ3n) is 3.10. The largest absolute Gasteiger partial charge is 0.254 e. The first-order chi connectivity index (χ1) is 10.1. The number of hydrogen-bond donors (Lipinski definition) is 0. The summed E-state index contributed by atoms with van der Waals surface area (Å²) in [7, 11) is 0. The van der Waals surface area contributed by atoms with Gasteiger partial charge < -0.3 is 0 Å². The van der Waals surface area contributed by atoms with Crippen molar-refractivity contribution in [2.24, 2.45) is 0 Å². The van der Waals surface area contributed by atoms with Gasteiger partial charge in [-0.25, -0.2) is 9.50 Å². The highest BCUT2D eigenvalue weighted by Gasteiger charge is 2.13. The molecule has 7 heteroatoms. The van der Waals surface area contributed by atoms with Crippen molar-refractivity contribution in [3.05, 3.63) is 40.0 Å². The maximum atomic E-state index is 6.11. The Hall–Kier alpha value is -1.72. The van der Waals surface area contributed by atoms with Crippen molar-refractivity contribution in [3.8, 4) is 11.4 Å². The predicted molar refractivity (Wildman–Crippen MR) is 82.8 cm³/mol. The second kappa shape index (κ2) is 5.58. The summed E-state index contributed by atoms with van der Waals surface area (Å²) in [6.07, 6.45) is 3.75. The topological polar surface area (TPSA) is 56.0 Å². The maximum absolute atomic E-state index is 6.11. The molecule has 0 amide bonds. The summed E-state index contributed by atoms with van der Waals surface area (Å²) in [5, 5.41) is 5.16. The highest BCUT2D eigenvalue weighted by Crippen LogP contribution is 2.23. The van der Waals surface area contributed by atoms with Gasteiger partial charge >= 0.3 is 0 Å². The second-order valence-corrected chi connectivity index (χ2v) is 5.52. The summed E-state index contributed by atoms with van der Waals surface area (Å²) in [6.45, 7) is 4.04. The molecule has 0 aromatic carbocycles. The Balaban J connectivity index is 2.10. The molecule has 5 nitrogen and oxygen atoms in total. The van der Waals surface area contributed by atoms with Gasteiger partial charge in [-0.2, -0.15) is 5.10 Å². The zero-order chi connectivity index (χ0) is 15.0. The van der Waals surface area contributed by atoms with Crippen molar-refractivity contribution in [3.63, 3.8) is 0 Å². The molecule has 21 heavy (non-hydrogen) atoms. The fourth-order valence-electron chi connectivity index (χ4n) is 2.18. The molecule has 0 aliphatic heterocycles. The second-order valence-electron chi connectivity index (χ2n) is 4.75. The van der Waals surface area contributed by atoms with Gasteiger partial charge in [-0.05, 0) is 13.3 Å². The Morgan fingerprint density at radius 3 is 2.71 bits per heavy atom. The molecule has 0 aliphatic rings. The van der Waals surface area contributed by atoms with Crippen LogP contribution in [-0.2, 0) is 6.42 Å². The van der Waals surface area contributed by atoms with Gasteiger partial charge in [0.05, 0.1) is 11.4 Å². The van der Waals surface area contributed by atoms with Gasteiger partial charge in [0.2, 0.25) is 0 Å². The van der Waals surface area contributed by atoms with E-state index in [1.54, 1.807) is 18.3 Å². The van der Waals surface area contributed by atoms with E-state index in [0.717, 1.165) is 29.9 Å². The number of hydrogen-bond acceptors (Lipinski definition) is 4. The number of aromatic nitrogens is 5. The number of aryl methyl sites for hydroxylation is 2. The van der Waals surface area contributed by atoms with E-state index >= 15 is 0 Å². The van der Waals surface area contributed by atoms with E-state index in [0.29, 0.717) is 21.6 Å². The van der Waals surface area contributed by atoms with Gasteiger partial charge in [0, 0.05) is 18.3 Å².